The number of hydrogen-bond donors (Lipinski definition) is 0. The monoisotopic (exact) mass is 316 g/mol. The van der Waals surface area contributed by atoms with Crippen LogP contribution in [0.4, 0.5) is 0 Å². The topological polar surface area (TPSA) is 43.6 Å². The molecule has 0 N–H and O–H groups in total. The number of rotatable bonds is 4. The van der Waals surface area contributed by atoms with E-state index >= 15 is 0 Å². The molecule has 0 aliphatic heterocycles. The van der Waals surface area contributed by atoms with Crippen LogP contribution in [0.25, 0.3) is 33.7 Å². The molecule has 2 aromatic heterocycles. The van der Waals surface area contributed by atoms with Gasteiger partial charge in [-0.05, 0) is 31.5 Å². The summed E-state index contributed by atoms with van der Waals surface area (Å²) in [6, 6.07) is 16.4. The fraction of sp³-hybridized carbons (Fsp3) is 0.250. The first-order valence-electron chi connectivity index (χ1n) is 8.46. The number of para-hydroxylation sites is 2. The molecule has 0 saturated heterocycles. The van der Waals surface area contributed by atoms with Gasteiger partial charge in [-0.15, -0.1) is 0 Å². The second-order valence-electron chi connectivity index (χ2n) is 6.17. The highest BCUT2D eigenvalue weighted by Gasteiger charge is 2.15. The lowest BCUT2D eigenvalue weighted by Crippen LogP contribution is -2.02. The summed E-state index contributed by atoms with van der Waals surface area (Å²) in [5, 5.41) is 0. The molecule has 2 heterocycles. The third-order valence-electron chi connectivity index (χ3n) is 4.27. The molecular weight excluding hydrogens is 296 g/mol. The fourth-order valence-corrected chi connectivity index (χ4v) is 3.03. The molecule has 4 nitrogen and oxygen atoms in total. The highest BCUT2D eigenvalue weighted by Crippen LogP contribution is 2.25. The molecule has 0 bridgehead atoms. The van der Waals surface area contributed by atoms with E-state index < -0.39 is 0 Å². The number of fused-ring (bicyclic) bond motifs is 2. The molecule has 4 rings (SSSR count). The van der Waals surface area contributed by atoms with Crippen molar-refractivity contribution in [2.45, 2.75) is 33.2 Å². The maximum Gasteiger partial charge on any atom is 0.198 e. The van der Waals surface area contributed by atoms with Gasteiger partial charge in [0.2, 0.25) is 0 Å². The van der Waals surface area contributed by atoms with Crippen LogP contribution in [0.1, 0.15) is 25.3 Å². The largest absolute Gasteiger partial charge is 0.307 e. The molecule has 2 aromatic carbocycles. The summed E-state index contributed by atoms with van der Waals surface area (Å²) >= 11 is 0. The van der Waals surface area contributed by atoms with Crippen LogP contribution < -0.4 is 0 Å². The van der Waals surface area contributed by atoms with Gasteiger partial charge >= 0.3 is 0 Å². The van der Waals surface area contributed by atoms with Gasteiger partial charge in [-0.3, -0.25) is 0 Å². The van der Waals surface area contributed by atoms with Crippen LogP contribution in [0.3, 0.4) is 0 Å². The quantitative estimate of drug-likeness (QED) is 0.545. The summed E-state index contributed by atoms with van der Waals surface area (Å²) in [7, 11) is 0. The average Bonchev–Trinajstić information content (AvgIpc) is 2.95. The van der Waals surface area contributed by atoms with Gasteiger partial charge in [0.15, 0.2) is 11.3 Å². The second kappa shape index (κ2) is 6.04. The summed E-state index contributed by atoms with van der Waals surface area (Å²) in [5.74, 6) is 0.956. The minimum Gasteiger partial charge on any atom is -0.307 e. The molecule has 0 unspecified atom stereocenters. The Kier molecular flexibility index (Phi) is 3.73. The third kappa shape index (κ3) is 2.54. The van der Waals surface area contributed by atoms with E-state index in [9.17, 15) is 0 Å². The van der Waals surface area contributed by atoms with Crippen LogP contribution in [0, 0.1) is 6.92 Å². The Balaban J connectivity index is 1.98. The predicted molar refractivity (Wildman–Crippen MR) is 97.9 cm³/mol. The minimum absolute atomic E-state index is 0.723. The molecule has 0 atom stereocenters. The average molecular weight is 316 g/mol. The first-order valence-corrected chi connectivity index (χ1v) is 8.46. The van der Waals surface area contributed by atoms with Crippen molar-refractivity contribution in [2.75, 3.05) is 0 Å². The lowest BCUT2D eigenvalue weighted by Gasteiger charge is -2.08. The molecule has 0 aliphatic rings. The van der Waals surface area contributed by atoms with E-state index in [0.29, 0.717) is 0 Å². The fourth-order valence-electron chi connectivity index (χ4n) is 3.03. The van der Waals surface area contributed by atoms with E-state index in [1.807, 2.05) is 24.3 Å². The molecule has 4 heteroatoms. The van der Waals surface area contributed by atoms with Gasteiger partial charge in [0.1, 0.15) is 5.82 Å². The van der Waals surface area contributed by atoms with Crippen LogP contribution >= 0.6 is 0 Å². The van der Waals surface area contributed by atoms with Gasteiger partial charge in [-0.25, -0.2) is 15.0 Å². The molecule has 4 aromatic rings. The van der Waals surface area contributed by atoms with E-state index in [2.05, 4.69) is 42.7 Å². The lowest BCUT2D eigenvalue weighted by molar-refractivity contribution is 0.647. The van der Waals surface area contributed by atoms with Gasteiger partial charge in [-0.2, -0.15) is 0 Å². The van der Waals surface area contributed by atoms with Gasteiger partial charge < -0.3 is 4.57 Å². The van der Waals surface area contributed by atoms with Crippen molar-refractivity contribution < 1.29 is 0 Å². The summed E-state index contributed by atoms with van der Waals surface area (Å²) < 4.78 is 2.22. The molecule has 120 valence electrons. The van der Waals surface area contributed by atoms with E-state index in [0.717, 1.165) is 53.1 Å². The number of hydrogen-bond acceptors (Lipinski definition) is 3. The van der Waals surface area contributed by atoms with Crippen molar-refractivity contribution >= 4 is 22.3 Å². The number of unbranched alkanes of at least 4 members (excludes halogenated alkanes) is 1. The Morgan fingerprint density at radius 1 is 0.917 bits per heavy atom. The standard InChI is InChI=1S/C20H20N4/c1-3-4-12-24-19(15-9-7-8-14(2)13-15)23-18-20(24)22-17-11-6-5-10-16(17)21-18/h5-11,13H,3-4,12H2,1-2H3. The van der Waals surface area contributed by atoms with Gasteiger partial charge in [-0.1, -0.05) is 49.2 Å². The zero-order valence-electron chi connectivity index (χ0n) is 14.0. The van der Waals surface area contributed by atoms with E-state index in [1.165, 1.54) is 5.56 Å². The van der Waals surface area contributed by atoms with Crippen LogP contribution in [-0.2, 0) is 6.54 Å². The highest BCUT2D eigenvalue weighted by molar-refractivity contribution is 5.84. The van der Waals surface area contributed by atoms with E-state index in [1.54, 1.807) is 0 Å². The van der Waals surface area contributed by atoms with Crippen LogP contribution in [0.15, 0.2) is 48.5 Å². The summed E-state index contributed by atoms with van der Waals surface area (Å²) in [6.07, 6.45) is 2.23. The third-order valence-corrected chi connectivity index (χ3v) is 4.27. The van der Waals surface area contributed by atoms with E-state index in [-0.39, 0.29) is 0 Å². The molecule has 24 heavy (non-hydrogen) atoms. The minimum atomic E-state index is 0.723. The Morgan fingerprint density at radius 3 is 2.46 bits per heavy atom. The van der Waals surface area contributed by atoms with E-state index in [4.69, 9.17) is 15.0 Å². The van der Waals surface area contributed by atoms with Crippen molar-refractivity contribution in [3.05, 3.63) is 54.1 Å². The number of imidazole rings is 1. The second-order valence-corrected chi connectivity index (χ2v) is 6.17. The molecule has 0 amide bonds. The maximum atomic E-state index is 4.84. The normalized spacial score (nSPS) is 11.4. The number of benzene rings is 2. The summed E-state index contributed by atoms with van der Waals surface area (Å²) in [5.41, 5.74) is 5.75. The van der Waals surface area contributed by atoms with Crippen molar-refractivity contribution in [3.8, 4) is 11.4 Å². The number of aryl methyl sites for hydroxylation is 2. The molecule has 0 fully saturated rings. The molecule has 0 aliphatic carbocycles. The maximum absolute atomic E-state index is 4.84. The summed E-state index contributed by atoms with van der Waals surface area (Å²) in [6.45, 7) is 5.21. The van der Waals surface area contributed by atoms with Crippen molar-refractivity contribution in [3.63, 3.8) is 0 Å². The molecule has 0 saturated carbocycles. The number of nitrogens with zero attached hydrogens (tertiary/aromatic N) is 4. The SMILES string of the molecule is CCCCn1c(-c2cccc(C)c2)nc2nc3ccccc3nc21. The highest BCUT2D eigenvalue weighted by atomic mass is 15.2. The Bertz CT molecular complexity index is 1020. The smallest absolute Gasteiger partial charge is 0.198 e. The van der Waals surface area contributed by atoms with Crippen molar-refractivity contribution in [1.82, 2.24) is 19.5 Å². The molecule has 0 radical (unpaired) electrons. The molecule has 0 spiro atoms. The van der Waals surface area contributed by atoms with Crippen molar-refractivity contribution in [2.24, 2.45) is 0 Å². The Hall–Kier alpha value is -2.75. The van der Waals surface area contributed by atoms with Gasteiger partial charge in [0.25, 0.3) is 0 Å². The van der Waals surface area contributed by atoms with Gasteiger partial charge in [0, 0.05) is 12.1 Å². The van der Waals surface area contributed by atoms with Crippen LogP contribution in [-0.4, -0.2) is 19.5 Å². The predicted octanol–water partition coefficient (Wildman–Crippen LogP) is 4.76. The first kappa shape index (κ1) is 14.8. The van der Waals surface area contributed by atoms with Gasteiger partial charge in [0.05, 0.1) is 11.0 Å². The molecular formula is C20H20N4. The lowest BCUT2D eigenvalue weighted by atomic mass is 10.1. The van der Waals surface area contributed by atoms with Crippen molar-refractivity contribution in [1.29, 1.82) is 0 Å². The summed E-state index contributed by atoms with van der Waals surface area (Å²) in [4.78, 5) is 14.4. The zero-order chi connectivity index (χ0) is 16.5. The Morgan fingerprint density at radius 2 is 1.71 bits per heavy atom. The first-order chi connectivity index (χ1) is 11.8. The Labute approximate surface area is 141 Å². The van der Waals surface area contributed by atoms with Crippen LogP contribution in [0.5, 0.6) is 0 Å². The number of aromatic nitrogens is 4. The van der Waals surface area contributed by atoms with Crippen LogP contribution in [0.2, 0.25) is 0 Å². The zero-order valence-corrected chi connectivity index (χ0v) is 14.0.